The average Bonchev–Trinajstić information content (AvgIpc) is 3.82. The highest BCUT2D eigenvalue weighted by atomic mass is 16.3. The first-order chi connectivity index (χ1) is 22.3. The molecule has 5 rings (SSSR count). The van der Waals surface area contributed by atoms with Crippen LogP contribution in [0.5, 0.6) is 0 Å². The lowest BCUT2D eigenvalue weighted by Gasteiger charge is -2.08. The highest BCUT2D eigenvalue weighted by Gasteiger charge is 2.12. The number of furan rings is 2. The van der Waals surface area contributed by atoms with Crippen LogP contribution in [0.3, 0.4) is 0 Å². The Morgan fingerprint density at radius 2 is 0.913 bits per heavy atom. The molecule has 0 unspecified atom stereocenters. The fraction of sp³-hybridized carbons (Fsp3) is 0.0588. The highest BCUT2D eigenvalue weighted by Crippen LogP contribution is 2.15. The summed E-state index contributed by atoms with van der Waals surface area (Å²) in [5, 5.41) is 13.8. The van der Waals surface area contributed by atoms with Gasteiger partial charge in [0.2, 0.25) is 0 Å². The fourth-order valence-electron chi connectivity index (χ4n) is 4.15. The second-order valence-corrected chi connectivity index (χ2v) is 9.88. The molecular weight excluding hydrogens is 588 g/mol. The summed E-state index contributed by atoms with van der Waals surface area (Å²) in [5.41, 5.74) is 9.06. The maximum Gasteiger partial charge on any atom is 0.291 e. The lowest BCUT2D eigenvalue weighted by Crippen LogP contribution is -2.21. The minimum Gasteiger partial charge on any atom is -0.459 e. The lowest BCUT2D eigenvalue weighted by molar-refractivity contribution is 0.0943. The summed E-state index contributed by atoms with van der Waals surface area (Å²) in [7, 11) is 0. The molecule has 0 bridgehead atoms. The Morgan fingerprint density at radius 3 is 1.28 bits per heavy atom. The first-order valence-electron chi connectivity index (χ1n) is 14.0. The van der Waals surface area contributed by atoms with Gasteiger partial charge >= 0.3 is 0 Å². The van der Waals surface area contributed by atoms with Crippen LogP contribution in [0.2, 0.25) is 0 Å². The predicted octanol–water partition coefficient (Wildman–Crippen LogP) is 5.69. The molecule has 4 N–H and O–H groups in total. The van der Waals surface area contributed by atoms with Crippen molar-refractivity contribution in [2.75, 3.05) is 10.6 Å². The number of benzene rings is 3. The van der Waals surface area contributed by atoms with Gasteiger partial charge in [0, 0.05) is 22.5 Å². The van der Waals surface area contributed by atoms with Crippen molar-refractivity contribution in [2.45, 2.75) is 13.8 Å². The minimum absolute atomic E-state index is 0.186. The number of anilines is 2. The van der Waals surface area contributed by atoms with E-state index >= 15 is 0 Å². The van der Waals surface area contributed by atoms with Crippen molar-refractivity contribution in [3.8, 4) is 0 Å². The van der Waals surface area contributed by atoms with E-state index in [0.717, 1.165) is 0 Å². The second-order valence-electron chi connectivity index (χ2n) is 9.88. The molecule has 0 aliphatic heterocycles. The molecule has 4 amide bonds. The van der Waals surface area contributed by atoms with Crippen LogP contribution >= 0.6 is 0 Å². The van der Waals surface area contributed by atoms with Gasteiger partial charge in [-0.05, 0) is 97.8 Å². The summed E-state index contributed by atoms with van der Waals surface area (Å²) < 4.78 is 10.2. The molecule has 0 radical (unpaired) electrons. The maximum absolute atomic E-state index is 12.7. The van der Waals surface area contributed by atoms with Gasteiger partial charge in [0.15, 0.2) is 11.5 Å². The van der Waals surface area contributed by atoms with Crippen molar-refractivity contribution >= 4 is 46.4 Å². The minimum atomic E-state index is -0.471. The second kappa shape index (κ2) is 14.3. The Balaban J connectivity index is 1.15. The lowest BCUT2D eigenvalue weighted by atomic mass is 10.1. The Bertz CT molecular complexity index is 1790. The van der Waals surface area contributed by atoms with Gasteiger partial charge in [-0.1, -0.05) is 24.3 Å². The molecule has 0 atom stereocenters. The Morgan fingerprint density at radius 1 is 0.500 bits per heavy atom. The van der Waals surface area contributed by atoms with Crippen molar-refractivity contribution in [3.63, 3.8) is 0 Å². The summed E-state index contributed by atoms with van der Waals surface area (Å²) in [6, 6.07) is 26.4. The highest BCUT2D eigenvalue weighted by molar-refractivity contribution is 6.06. The molecule has 3 aromatic carbocycles. The third-order valence-corrected chi connectivity index (χ3v) is 6.63. The molecule has 0 fully saturated rings. The van der Waals surface area contributed by atoms with Crippen molar-refractivity contribution in [3.05, 3.63) is 143 Å². The van der Waals surface area contributed by atoms with E-state index < -0.39 is 11.8 Å². The van der Waals surface area contributed by atoms with Crippen LogP contribution in [0.4, 0.5) is 11.4 Å². The summed E-state index contributed by atoms with van der Waals surface area (Å²) >= 11 is 0. The van der Waals surface area contributed by atoms with E-state index in [9.17, 15) is 19.2 Å². The van der Waals surface area contributed by atoms with Crippen LogP contribution in [0.1, 0.15) is 66.8 Å². The van der Waals surface area contributed by atoms with Crippen molar-refractivity contribution in [1.82, 2.24) is 10.9 Å². The van der Waals surface area contributed by atoms with E-state index in [1.165, 1.54) is 36.8 Å². The molecule has 0 saturated heterocycles. The SMILES string of the molecule is C/C(=N\NC(=O)c1ccc(C(=O)N/N=C(\C)c2cccc(NC(=O)c3ccco3)c2)cc1)c1cccc(NC(=O)c2ccco2)c1. The Labute approximate surface area is 263 Å². The monoisotopic (exact) mass is 616 g/mol. The number of hydrogen-bond donors (Lipinski definition) is 4. The van der Waals surface area contributed by atoms with Crippen LogP contribution in [-0.2, 0) is 0 Å². The van der Waals surface area contributed by atoms with Crippen molar-refractivity contribution in [1.29, 1.82) is 0 Å². The molecule has 5 aromatic rings. The number of carbonyl (C=O) groups is 4. The number of nitrogens with zero attached hydrogens (tertiary/aromatic N) is 2. The number of nitrogens with one attached hydrogen (secondary N) is 4. The topological polar surface area (TPSA) is 167 Å². The van der Waals surface area contributed by atoms with Gasteiger partial charge in [0.1, 0.15) is 0 Å². The van der Waals surface area contributed by atoms with Crippen molar-refractivity contribution in [2.24, 2.45) is 10.2 Å². The molecular formula is C34H28N6O6. The zero-order valence-electron chi connectivity index (χ0n) is 24.7. The normalized spacial score (nSPS) is 11.4. The number of rotatable bonds is 10. The first kappa shape index (κ1) is 30.9. The van der Waals surface area contributed by atoms with Crippen molar-refractivity contribution < 1.29 is 28.0 Å². The van der Waals surface area contributed by atoms with E-state index in [4.69, 9.17) is 8.83 Å². The third kappa shape index (κ3) is 7.88. The zero-order chi connectivity index (χ0) is 32.5. The molecule has 230 valence electrons. The standard InChI is InChI=1S/C34H28N6O6/c1-21(25-7-3-9-27(19-25)35-33(43)29-11-5-17-45-29)37-39-31(41)23-13-15-24(16-14-23)32(42)40-38-22(2)26-8-4-10-28(20-26)36-34(44)30-12-6-18-46-30/h3-20H,1-2H3,(H,35,43)(H,36,44)(H,39,41)(H,40,42)/b37-21+,38-22+. The first-order valence-corrected chi connectivity index (χ1v) is 14.0. The van der Waals surface area contributed by atoms with Gasteiger partial charge < -0.3 is 19.5 Å². The molecule has 2 heterocycles. The number of carbonyl (C=O) groups excluding carboxylic acids is 4. The molecule has 2 aromatic heterocycles. The van der Waals surface area contributed by atoms with E-state index in [1.54, 1.807) is 86.6 Å². The van der Waals surface area contributed by atoms with Gasteiger partial charge in [-0.25, -0.2) is 10.9 Å². The smallest absolute Gasteiger partial charge is 0.291 e. The molecule has 12 nitrogen and oxygen atoms in total. The van der Waals surface area contributed by atoms with Crippen LogP contribution in [0.15, 0.2) is 129 Å². The van der Waals surface area contributed by atoms with Crippen LogP contribution in [0, 0.1) is 0 Å². The van der Waals surface area contributed by atoms with Gasteiger partial charge in [-0.15, -0.1) is 0 Å². The summed E-state index contributed by atoms with van der Waals surface area (Å²) in [6.07, 6.45) is 2.84. The third-order valence-electron chi connectivity index (χ3n) is 6.63. The molecule has 0 aliphatic carbocycles. The number of hydrogen-bond acceptors (Lipinski definition) is 8. The van der Waals surface area contributed by atoms with Crippen LogP contribution < -0.4 is 21.5 Å². The van der Waals surface area contributed by atoms with Crippen LogP contribution in [-0.4, -0.2) is 35.1 Å². The van der Waals surface area contributed by atoms with E-state index in [0.29, 0.717) is 45.1 Å². The fourth-order valence-corrected chi connectivity index (χ4v) is 4.15. The molecule has 0 aliphatic rings. The Kier molecular flexibility index (Phi) is 9.58. The van der Waals surface area contributed by atoms with Gasteiger partial charge in [-0.2, -0.15) is 10.2 Å². The van der Waals surface area contributed by atoms with E-state index in [-0.39, 0.29) is 23.3 Å². The van der Waals surface area contributed by atoms with E-state index in [1.807, 2.05) is 0 Å². The maximum atomic E-state index is 12.7. The van der Waals surface area contributed by atoms with Crippen LogP contribution in [0.25, 0.3) is 0 Å². The van der Waals surface area contributed by atoms with Gasteiger partial charge in [-0.3, -0.25) is 19.2 Å². The molecule has 46 heavy (non-hydrogen) atoms. The van der Waals surface area contributed by atoms with Gasteiger partial charge in [0.05, 0.1) is 23.9 Å². The van der Waals surface area contributed by atoms with Gasteiger partial charge in [0.25, 0.3) is 23.6 Å². The number of amides is 4. The average molecular weight is 617 g/mol. The quantitative estimate of drug-likeness (QED) is 0.116. The summed E-state index contributed by atoms with van der Waals surface area (Å²) in [4.78, 5) is 49.9. The van der Waals surface area contributed by atoms with E-state index in [2.05, 4.69) is 31.7 Å². The number of hydrazone groups is 2. The summed E-state index contributed by atoms with van der Waals surface area (Å²) in [6.45, 7) is 3.44. The summed E-state index contributed by atoms with van der Waals surface area (Å²) in [5.74, 6) is -1.34. The predicted molar refractivity (Wildman–Crippen MR) is 172 cm³/mol. The molecule has 0 saturated carbocycles. The molecule has 0 spiro atoms. The largest absolute Gasteiger partial charge is 0.459 e. The zero-order valence-corrected chi connectivity index (χ0v) is 24.7. The Hall–Kier alpha value is -6.56. The molecule has 12 heteroatoms.